The number of hydrogen-bond donors (Lipinski definition) is 0. The van der Waals surface area contributed by atoms with Gasteiger partial charge in [0.25, 0.3) is 0 Å². The maximum absolute atomic E-state index is 6.24. The summed E-state index contributed by atoms with van der Waals surface area (Å²) in [6, 6.07) is -0.276. The Bertz CT molecular complexity index is 329. The van der Waals surface area contributed by atoms with Gasteiger partial charge in [0.05, 0.1) is 12.7 Å². The molecule has 1 heterocycles. The normalized spacial score (nSPS) is 45.1. The van der Waals surface area contributed by atoms with Crippen molar-refractivity contribution in [1.29, 1.82) is 0 Å². The fourth-order valence-electron chi connectivity index (χ4n) is 4.51. The molecule has 0 amide bonds. The van der Waals surface area contributed by atoms with E-state index in [0.29, 0.717) is 6.61 Å². The first kappa shape index (κ1) is 14.4. The Morgan fingerprint density at radius 2 is 1.83 bits per heavy atom. The molecule has 0 aromatic heterocycles. The van der Waals surface area contributed by atoms with Gasteiger partial charge in [-0.1, -0.05) is 27.7 Å². The quantitative estimate of drug-likeness (QED) is 0.719. The Balaban J connectivity index is 2.50. The highest BCUT2D eigenvalue weighted by Gasteiger charge is 2.68. The van der Waals surface area contributed by atoms with Crippen LogP contribution in [-0.2, 0) is 14.2 Å². The molecule has 2 aliphatic rings. The summed E-state index contributed by atoms with van der Waals surface area (Å²) in [5.74, 6) is 0.214. The summed E-state index contributed by atoms with van der Waals surface area (Å²) in [5, 5.41) is 0. The SMILES string of the molecule is [B]C1OC2(COC)C(OC)C1C(C)(C)CC2(C)C. The van der Waals surface area contributed by atoms with E-state index >= 15 is 0 Å². The van der Waals surface area contributed by atoms with Crippen molar-refractivity contribution in [2.75, 3.05) is 20.8 Å². The zero-order valence-corrected chi connectivity index (χ0v) is 12.4. The molecule has 18 heavy (non-hydrogen) atoms. The average Bonchev–Trinajstić information content (AvgIpc) is 2.48. The van der Waals surface area contributed by atoms with Crippen LogP contribution < -0.4 is 0 Å². The Morgan fingerprint density at radius 3 is 2.33 bits per heavy atom. The van der Waals surface area contributed by atoms with Gasteiger partial charge >= 0.3 is 0 Å². The highest BCUT2D eigenvalue weighted by Crippen LogP contribution is 2.62. The first-order valence-electron chi connectivity index (χ1n) is 6.67. The smallest absolute Gasteiger partial charge is 0.122 e. The zero-order valence-electron chi connectivity index (χ0n) is 12.4. The average molecular weight is 252 g/mol. The van der Waals surface area contributed by atoms with Gasteiger partial charge < -0.3 is 14.2 Å². The highest BCUT2D eigenvalue weighted by molar-refractivity contribution is 6.11. The third kappa shape index (κ3) is 1.69. The van der Waals surface area contributed by atoms with Gasteiger partial charge in [0.2, 0.25) is 0 Å². The third-order valence-electron chi connectivity index (χ3n) is 5.04. The van der Waals surface area contributed by atoms with Gasteiger partial charge in [-0.05, 0) is 17.3 Å². The first-order valence-corrected chi connectivity index (χ1v) is 6.67. The lowest BCUT2D eigenvalue weighted by Crippen LogP contribution is -2.62. The molecule has 2 bridgehead atoms. The van der Waals surface area contributed by atoms with Crippen LogP contribution >= 0.6 is 0 Å². The molecular formula is C14H25BO3. The van der Waals surface area contributed by atoms with Crippen molar-refractivity contribution < 1.29 is 14.2 Å². The fourth-order valence-corrected chi connectivity index (χ4v) is 4.51. The summed E-state index contributed by atoms with van der Waals surface area (Å²) >= 11 is 0. The molecule has 1 saturated carbocycles. The summed E-state index contributed by atoms with van der Waals surface area (Å²) in [6.45, 7) is 9.51. The minimum atomic E-state index is -0.434. The second-order valence-corrected chi connectivity index (χ2v) is 7.14. The van der Waals surface area contributed by atoms with Crippen molar-refractivity contribution in [3.05, 3.63) is 0 Å². The number of rotatable bonds is 3. The lowest BCUT2D eigenvalue weighted by molar-refractivity contribution is -0.202. The van der Waals surface area contributed by atoms with Crippen molar-refractivity contribution >= 4 is 7.85 Å². The molecule has 4 atom stereocenters. The number of fused-ring (bicyclic) bond motifs is 2. The van der Waals surface area contributed by atoms with E-state index in [9.17, 15) is 0 Å². The van der Waals surface area contributed by atoms with Crippen molar-refractivity contribution in [3.63, 3.8) is 0 Å². The third-order valence-corrected chi connectivity index (χ3v) is 5.04. The van der Waals surface area contributed by atoms with E-state index in [1.54, 1.807) is 14.2 Å². The Labute approximate surface area is 112 Å². The molecule has 0 N–H and O–H groups in total. The van der Waals surface area contributed by atoms with E-state index in [1.807, 2.05) is 0 Å². The van der Waals surface area contributed by atoms with E-state index in [-0.39, 0.29) is 28.9 Å². The van der Waals surface area contributed by atoms with E-state index in [4.69, 9.17) is 22.1 Å². The van der Waals surface area contributed by atoms with Crippen LogP contribution in [0.25, 0.3) is 0 Å². The minimum absolute atomic E-state index is 0.00815. The van der Waals surface area contributed by atoms with Crippen LogP contribution in [-0.4, -0.2) is 46.4 Å². The summed E-state index contributed by atoms with van der Waals surface area (Å²) in [6.07, 6.45) is 1.05. The predicted molar refractivity (Wildman–Crippen MR) is 71.7 cm³/mol. The van der Waals surface area contributed by atoms with Crippen molar-refractivity contribution in [2.45, 2.75) is 51.8 Å². The lowest BCUT2D eigenvalue weighted by atomic mass is 9.52. The van der Waals surface area contributed by atoms with E-state index < -0.39 is 5.60 Å². The minimum Gasteiger partial charge on any atom is -0.382 e. The predicted octanol–water partition coefficient (Wildman–Crippen LogP) is 1.98. The van der Waals surface area contributed by atoms with Crippen LogP contribution in [0.4, 0.5) is 0 Å². The number of ether oxygens (including phenoxy) is 3. The van der Waals surface area contributed by atoms with Crippen LogP contribution in [0.2, 0.25) is 0 Å². The molecule has 0 spiro atoms. The molecule has 2 fully saturated rings. The van der Waals surface area contributed by atoms with Gasteiger partial charge in [0.1, 0.15) is 13.4 Å². The molecule has 0 aromatic carbocycles. The van der Waals surface area contributed by atoms with Gasteiger partial charge in [-0.15, -0.1) is 0 Å². The summed E-state index contributed by atoms with van der Waals surface area (Å²) in [7, 11) is 9.70. The molecule has 2 radical (unpaired) electrons. The molecule has 3 nitrogen and oxygen atoms in total. The Kier molecular flexibility index (Phi) is 3.37. The monoisotopic (exact) mass is 252 g/mol. The highest BCUT2D eigenvalue weighted by atomic mass is 16.6. The largest absolute Gasteiger partial charge is 0.382 e. The summed E-state index contributed by atoms with van der Waals surface area (Å²) < 4.78 is 17.4. The van der Waals surface area contributed by atoms with Crippen molar-refractivity contribution in [1.82, 2.24) is 0 Å². The van der Waals surface area contributed by atoms with Gasteiger partial charge in [0.15, 0.2) is 0 Å². The van der Waals surface area contributed by atoms with Gasteiger partial charge in [0, 0.05) is 26.1 Å². The maximum Gasteiger partial charge on any atom is 0.122 e. The van der Waals surface area contributed by atoms with Crippen molar-refractivity contribution in [2.24, 2.45) is 16.7 Å². The molecular weight excluding hydrogens is 227 g/mol. The Hall–Kier alpha value is -0.0551. The molecule has 1 aliphatic carbocycles. The second kappa shape index (κ2) is 4.22. The van der Waals surface area contributed by atoms with Gasteiger partial charge in [-0.25, -0.2) is 0 Å². The molecule has 102 valence electrons. The van der Waals surface area contributed by atoms with Crippen molar-refractivity contribution in [3.8, 4) is 0 Å². The van der Waals surface area contributed by atoms with Gasteiger partial charge in [-0.2, -0.15) is 0 Å². The molecule has 1 saturated heterocycles. The van der Waals surface area contributed by atoms with Crippen LogP contribution in [0.3, 0.4) is 0 Å². The van der Waals surface area contributed by atoms with Crippen LogP contribution in [0, 0.1) is 16.7 Å². The van der Waals surface area contributed by atoms with E-state index in [0.717, 1.165) is 6.42 Å². The standard InChI is InChI=1S/C14H25BO3/c1-12(2)7-13(3,4)14(8-16-5)10(17-6)9(12)11(15)18-14/h9-11H,7-8H2,1-6H3. The summed E-state index contributed by atoms with van der Waals surface area (Å²) in [4.78, 5) is 0. The molecule has 0 aromatic rings. The topological polar surface area (TPSA) is 27.7 Å². The second-order valence-electron chi connectivity index (χ2n) is 7.14. The Morgan fingerprint density at radius 1 is 1.22 bits per heavy atom. The number of hydrogen-bond acceptors (Lipinski definition) is 3. The first-order chi connectivity index (χ1) is 8.22. The molecule has 1 aliphatic heterocycles. The number of methoxy groups -OCH3 is 2. The fraction of sp³-hybridized carbons (Fsp3) is 1.00. The lowest BCUT2D eigenvalue weighted by Gasteiger charge is -2.55. The van der Waals surface area contributed by atoms with Crippen LogP contribution in [0.1, 0.15) is 34.1 Å². The van der Waals surface area contributed by atoms with Crippen LogP contribution in [0.5, 0.6) is 0 Å². The maximum atomic E-state index is 6.24. The molecule has 4 heteroatoms. The van der Waals surface area contributed by atoms with Crippen LogP contribution in [0.15, 0.2) is 0 Å². The molecule has 4 unspecified atom stereocenters. The van der Waals surface area contributed by atoms with E-state index in [1.165, 1.54) is 0 Å². The summed E-state index contributed by atoms with van der Waals surface area (Å²) in [5.41, 5.74) is -0.356. The van der Waals surface area contributed by atoms with E-state index in [2.05, 4.69) is 27.7 Å². The molecule has 2 rings (SSSR count). The zero-order chi connectivity index (χ0) is 13.8. The van der Waals surface area contributed by atoms with Gasteiger partial charge in [-0.3, -0.25) is 0 Å².